The number of sulfonamides is 1. The van der Waals surface area contributed by atoms with Gasteiger partial charge in [0.05, 0.1) is 30.8 Å². The molecule has 1 N–H and O–H groups in total. The molecule has 2 aromatic carbocycles. The fourth-order valence-electron chi connectivity index (χ4n) is 2.07. The summed E-state index contributed by atoms with van der Waals surface area (Å²) in [6, 6.07) is 15.5. The van der Waals surface area contributed by atoms with Crippen molar-refractivity contribution in [1.29, 1.82) is 0 Å². The topological polar surface area (TPSA) is 64.6 Å². The second-order valence-corrected chi connectivity index (χ2v) is 7.27. The summed E-state index contributed by atoms with van der Waals surface area (Å²) >= 11 is 0. The molecule has 0 amide bonds. The zero-order valence-corrected chi connectivity index (χ0v) is 14.8. The third-order valence-corrected chi connectivity index (χ3v) is 4.58. The Morgan fingerprint density at radius 2 is 1.75 bits per heavy atom. The maximum absolute atomic E-state index is 12.3. The van der Waals surface area contributed by atoms with Gasteiger partial charge in [-0.15, -0.1) is 0 Å². The Hall–Kier alpha value is -1.89. The van der Waals surface area contributed by atoms with E-state index in [0.29, 0.717) is 25.5 Å². The van der Waals surface area contributed by atoms with Crippen molar-refractivity contribution in [2.24, 2.45) is 0 Å². The Bertz CT molecular complexity index is 730. The highest BCUT2D eigenvalue weighted by Gasteiger charge is 2.13. The summed E-state index contributed by atoms with van der Waals surface area (Å²) in [6.45, 7) is 5.39. The van der Waals surface area contributed by atoms with Crippen molar-refractivity contribution in [2.45, 2.75) is 31.5 Å². The fourth-order valence-corrected chi connectivity index (χ4v) is 3.14. The smallest absolute Gasteiger partial charge is 0.261 e. The van der Waals surface area contributed by atoms with E-state index >= 15 is 0 Å². The Balaban J connectivity index is 1.93. The number of hydrogen-bond donors (Lipinski definition) is 1. The zero-order valence-electron chi connectivity index (χ0n) is 13.9. The average Bonchev–Trinajstić information content (AvgIpc) is 2.55. The molecule has 0 unspecified atom stereocenters. The maximum atomic E-state index is 12.3. The van der Waals surface area contributed by atoms with Gasteiger partial charge >= 0.3 is 0 Å². The predicted octanol–water partition coefficient (Wildman–Crippen LogP) is 3.43. The SMILES string of the molecule is CC(C)OCCOCc1cccc(NS(=O)(=O)c2ccccc2)c1. The van der Waals surface area contributed by atoms with E-state index in [4.69, 9.17) is 9.47 Å². The molecule has 0 fully saturated rings. The predicted molar refractivity (Wildman–Crippen MR) is 94.4 cm³/mol. The first-order valence-electron chi connectivity index (χ1n) is 7.83. The highest BCUT2D eigenvalue weighted by atomic mass is 32.2. The molecular weight excluding hydrogens is 326 g/mol. The Morgan fingerprint density at radius 1 is 1.00 bits per heavy atom. The quantitative estimate of drug-likeness (QED) is 0.705. The van der Waals surface area contributed by atoms with Crippen LogP contribution >= 0.6 is 0 Å². The van der Waals surface area contributed by atoms with Crippen molar-refractivity contribution in [3.63, 3.8) is 0 Å². The van der Waals surface area contributed by atoms with Crippen molar-refractivity contribution in [3.8, 4) is 0 Å². The maximum Gasteiger partial charge on any atom is 0.261 e. The number of nitrogens with one attached hydrogen (secondary N) is 1. The molecule has 0 saturated carbocycles. The van der Waals surface area contributed by atoms with Crippen LogP contribution in [0.4, 0.5) is 5.69 Å². The third-order valence-electron chi connectivity index (χ3n) is 3.18. The first-order chi connectivity index (χ1) is 11.5. The first kappa shape index (κ1) is 18.4. The summed E-state index contributed by atoms with van der Waals surface area (Å²) in [5.74, 6) is 0. The van der Waals surface area contributed by atoms with Crippen LogP contribution in [0.3, 0.4) is 0 Å². The lowest BCUT2D eigenvalue weighted by molar-refractivity contribution is 0.0143. The van der Waals surface area contributed by atoms with Crippen LogP contribution < -0.4 is 4.72 Å². The summed E-state index contributed by atoms with van der Waals surface area (Å²) in [6.07, 6.45) is 0.185. The minimum Gasteiger partial charge on any atom is -0.376 e. The lowest BCUT2D eigenvalue weighted by atomic mass is 10.2. The second-order valence-electron chi connectivity index (χ2n) is 5.59. The highest BCUT2D eigenvalue weighted by molar-refractivity contribution is 7.92. The van der Waals surface area contributed by atoms with E-state index in [0.717, 1.165) is 5.56 Å². The largest absolute Gasteiger partial charge is 0.376 e. The number of rotatable bonds is 9. The molecule has 2 rings (SSSR count). The standard InChI is InChI=1S/C18H23NO4S/c1-15(2)23-12-11-22-14-16-7-6-8-17(13-16)19-24(20,21)18-9-4-3-5-10-18/h3-10,13,15,19H,11-12,14H2,1-2H3. The van der Waals surface area contributed by atoms with E-state index in [1.807, 2.05) is 19.9 Å². The lowest BCUT2D eigenvalue weighted by Crippen LogP contribution is -2.13. The molecular formula is C18H23NO4S. The summed E-state index contributed by atoms with van der Waals surface area (Å²) in [4.78, 5) is 0.234. The van der Waals surface area contributed by atoms with Crippen LogP contribution in [0.1, 0.15) is 19.4 Å². The number of benzene rings is 2. The highest BCUT2D eigenvalue weighted by Crippen LogP contribution is 2.17. The van der Waals surface area contributed by atoms with E-state index in [-0.39, 0.29) is 11.0 Å². The Kier molecular flexibility index (Phi) is 6.78. The van der Waals surface area contributed by atoms with E-state index < -0.39 is 10.0 Å². The molecule has 24 heavy (non-hydrogen) atoms. The van der Waals surface area contributed by atoms with Gasteiger partial charge in [0.1, 0.15) is 0 Å². The van der Waals surface area contributed by atoms with Crippen LogP contribution in [-0.4, -0.2) is 27.7 Å². The van der Waals surface area contributed by atoms with Crippen molar-refractivity contribution in [1.82, 2.24) is 0 Å². The molecule has 0 atom stereocenters. The van der Waals surface area contributed by atoms with E-state index in [2.05, 4.69) is 4.72 Å². The summed E-state index contributed by atoms with van der Waals surface area (Å²) in [5.41, 5.74) is 1.41. The number of ether oxygens (including phenoxy) is 2. The van der Waals surface area contributed by atoms with E-state index in [9.17, 15) is 8.42 Å². The van der Waals surface area contributed by atoms with E-state index in [1.165, 1.54) is 0 Å². The molecule has 0 heterocycles. The fraction of sp³-hybridized carbons (Fsp3) is 0.333. The van der Waals surface area contributed by atoms with Gasteiger partial charge in [0.2, 0.25) is 0 Å². The van der Waals surface area contributed by atoms with Crippen LogP contribution in [-0.2, 0) is 26.1 Å². The number of hydrogen-bond acceptors (Lipinski definition) is 4. The molecule has 0 spiro atoms. The summed E-state index contributed by atoms with van der Waals surface area (Å²) in [5, 5.41) is 0. The summed E-state index contributed by atoms with van der Waals surface area (Å²) in [7, 11) is -3.58. The molecule has 0 aliphatic heterocycles. The van der Waals surface area contributed by atoms with Crippen molar-refractivity contribution in [2.75, 3.05) is 17.9 Å². The number of anilines is 1. The van der Waals surface area contributed by atoms with Crippen LogP contribution in [0.15, 0.2) is 59.5 Å². The first-order valence-corrected chi connectivity index (χ1v) is 9.32. The molecule has 0 aliphatic rings. The summed E-state index contributed by atoms with van der Waals surface area (Å²) < 4.78 is 38.2. The van der Waals surface area contributed by atoms with Crippen LogP contribution in [0.5, 0.6) is 0 Å². The van der Waals surface area contributed by atoms with Gasteiger partial charge in [0.15, 0.2) is 0 Å². The molecule has 2 aromatic rings. The second kappa shape index (κ2) is 8.82. The molecule has 0 radical (unpaired) electrons. The van der Waals surface area contributed by atoms with Gasteiger partial charge in [-0.2, -0.15) is 0 Å². The van der Waals surface area contributed by atoms with E-state index in [1.54, 1.807) is 48.5 Å². The third kappa shape index (κ3) is 5.96. The van der Waals surface area contributed by atoms with Crippen LogP contribution in [0.25, 0.3) is 0 Å². The molecule has 0 bridgehead atoms. The molecule has 5 nitrogen and oxygen atoms in total. The molecule has 0 aromatic heterocycles. The Labute approximate surface area is 143 Å². The van der Waals surface area contributed by atoms with Crippen molar-refractivity contribution >= 4 is 15.7 Å². The minimum absolute atomic E-state index is 0.185. The van der Waals surface area contributed by atoms with Gasteiger partial charge in [-0.05, 0) is 43.7 Å². The molecule has 130 valence electrons. The minimum atomic E-state index is -3.58. The molecule has 0 aliphatic carbocycles. The van der Waals surface area contributed by atoms with Gasteiger partial charge in [0, 0.05) is 5.69 Å². The lowest BCUT2D eigenvalue weighted by Gasteiger charge is -2.11. The normalized spacial score (nSPS) is 11.6. The van der Waals surface area contributed by atoms with Crippen LogP contribution in [0, 0.1) is 0 Å². The van der Waals surface area contributed by atoms with Gasteiger partial charge in [-0.25, -0.2) is 8.42 Å². The average molecular weight is 349 g/mol. The van der Waals surface area contributed by atoms with Crippen LogP contribution in [0.2, 0.25) is 0 Å². The van der Waals surface area contributed by atoms with Crippen molar-refractivity contribution < 1.29 is 17.9 Å². The van der Waals surface area contributed by atoms with Crippen molar-refractivity contribution in [3.05, 3.63) is 60.2 Å². The van der Waals surface area contributed by atoms with Gasteiger partial charge in [0.25, 0.3) is 10.0 Å². The Morgan fingerprint density at radius 3 is 2.46 bits per heavy atom. The monoisotopic (exact) mass is 349 g/mol. The van der Waals surface area contributed by atoms with Gasteiger partial charge in [-0.1, -0.05) is 30.3 Å². The molecule has 6 heteroatoms. The van der Waals surface area contributed by atoms with Gasteiger partial charge < -0.3 is 9.47 Å². The zero-order chi connectivity index (χ0) is 17.4. The van der Waals surface area contributed by atoms with Gasteiger partial charge in [-0.3, -0.25) is 4.72 Å². The molecule has 0 saturated heterocycles.